The summed E-state index contributed by atoms with van der Waals surface area (Å²) in [5.41, 5.74) is -0.995. The zero-order chi connectivity index (χ0) is 14.8. The molecule has 0 radical (unpaired) electrons. The molecule has 0 aromatic carbocycles. The fourth-order valence-electron chi connectivity index (χ4n) is 2.58. The lowest BCUT2D eigenvalue weighted by atomic mass is 9.75. The van der Waals surface area contributed by atoms with Crippen molar-refractivity contribution in [3.63, 3.8) is 0 Å². The Morgan fingerprint density at radius 2 is 1.89 bits per heavy atom. The average molecular weight is 270 g/mol. The van der Waals surface area contributed by atoms with Crippen LogP contribution in [0.1, 0.15) is 41.0 Å². The highest BCUT2D eigenvalue weighted by atomic mass is 16.4. The van der Waals surface area contributed by atoms with Gasteiger partial charge in [-0.1, -0.05) is 34.6 Å². The monoisotopic (exact) mass is 270 g/mol. The van der Waals surface area contributed by atoms with Crippen molar-refractivity contribution in [1.29, 1.82) is 0 Å². The lowest BCUT2D eigenvalue weighted by Gasteiger charge is -2.35. The number of aliphatic carboxylic acids is 1. The quantitative estimate of drug-likeness (QED) is 0.718. The van der Waals surface area contributed by atoms with E-state index in [4.69, 9.17) is 0 Å². The van der Waals surface area contributed by atoms with Crippen LogP contribution in [0, 0.1) is 16.7 Å². The van der Waals surface area contributed by atoms with Gasteiger partial charge in [0.1, 0.15) is 6.04 Å². The first-order valence-corrected chi connectivity index (χ1v) is 6.86. The van der Waals surface area contributed by atoms with E-state index in [0.717, 1.165) is 13.0 Å². The highest BCUT2D eigenvalue weighted by Gasteiger charge is 2.46. The second-order valence-electron chi connectivity index (χ2n) is 6.85. The molecule has 110 valence electrons. The maximum absolute atomic E-state index is 12.6. The zero-order valence-corrected chi connectivity index (χ0v) is 12.5. The van der Waals surface area contributed by atoms with Crippen LogP contribution in [-0.2, 0) is 9.59 Å². The predicted molar refractivity (Wildman–Crippen MR) is 73.8 cm³/mol. The van der Waals surface area contributed by atoms with Crippen molar-refractivity contribution >= 4 is 11.9 Å². The van der Waals surface area contributed by atoms with Crippen LogP contribution >= 0.6 is 0 Å². The molecule has 1 fully saturated rings. The van der Waals surface area contributed by atoms with Crippen LogP contribution in [0.25, 0.3) is 0 Å². The molecule has 2 atom stereocenters. The van der Waals surface area contributed by atoms with E-state index in [2.05, 4.69) is 10.6 Å². The van der Waals surface area contributed by atoms with Gasteiger partial charge in [0.2, 0.25) is 5.91 Å². The summed E-state index contributed by atoms with van der Waals surface area (Å²) in [6.07, 6.45) is 0.757. The fraction of sp³-hybridized carbons (Fsp3) is 0.857. The van der Waals surface area contributed by atoms with Crippen molar-refractivity contribution < 1.29 is 14.7 Å². The van der Waals surface area contributed by atoms with E-state index in [1.54, 1.807) is 0 Å². The molecular weight excluding hydrogens is 244 g/mol. The Hall–Kier alpha value is -1.10. The van der Waals surface area contributed by atoms with Gasteiger partial charge in [-0.25, -0.2) is 4.79 Å². The first kappa shape index (κ1) is 16.0. The van der Waals surface area contributed by atoms with E-state index >= 15 is 0 Å². The molecule has 1 aliphatic rings. The average Bonchev–Trinajstić information content (AvgIpc) is 2.73. The third kappa shape index (κ3) is 3.26. The van der Waals surface area contributed by atoms with Crippen molar-refractivity contribution in [3.05, 3.63) is 0 Å². The fourth-order valence-corrected chi connectivity index (χ4v) is 2.58. The Balaban J connectivity index is 2.90. The van der Waals surface area contributed by atoms with Crippen LogP contribution in [-0.4, -0.2) is 36.1 Å². The third-order valence-corrected chi connectivity index (χ3v) is 4.13. The summed E-state index contributed by atoms with van der Waals surface area (Å²) in [6, 6.07) is -0.865. The maximum atomic E-state index is 12.6. The van der Waals surface area contributed by atoms with Crippen molar-refractivity contribution in [2.45, 2.75) is 47.1 Å². The molecule has 0 aliphatic carbocycles. The number of nitrogens with one attached hydrogen (secondary N) is 2. The summed E-state index contributed by atoms with van der Waals surface area (Å²) < 4.78 is 0. The molecule has 5 heteroatoms. The minimum atomic E-state index is -0.981. The molecule has 1 unspecified atom stereocenters. The van der Waals surface area contributed by atoms with Gasteiger partial charge in [-0.05, 0) is 24.3 Å². The van der Waals surface area contributed by atoms with Gasteiger partial charge in [0.15, 0.2) is 0 Å². The highest BCUT2D eigenvalue weighted by Crippen LogP contribution is 2.35. The van der Waals surface area contributed by atoms with Gasteiger partial charge in [0, 0.05) is 6.54 Å². The number of carbonyl (C=O) groups excluding carboxylic acids is 1. The van der Waals surface area contributed by atoms with Gasteiger partial charge in [0.05, 0.1) is 5.41 Å². The van der Waals surface area contributed by atoms with Gasteiger partial charge in [-0.15, -0.1) is 0 Å². The van der Waals surface area contributed by atoms with Crippen molar-refractivity contribution in [2.75, 3.05) is 13.1 Å². The van der Waals surface area contributed by atoms with E-state index in [1.807, 2.05) is 34.6 Å². The van der Waals surface area contributed by atoms with Crippen molar-refractivity contribution in [1.82, 2.24) is 10.6 Å². The highest BCUT2D eigenvalue weighted by molar-refractivity contribution is 5.88. The Morgan fingerprint density at radius 3 is 2.21 bits per heavy atom. The molecule has 1 rings (SSSR count). The Morgan fingerprint density at radius 1 is 1.32 bits per heavy atom. The molecule has 3 N–H and O–H groups in total. The van der Waals surface area contributed by atoms with Gasteiger partial charge in [-0.2, -0.15) is 0 Å². The summed E-state index contributed by atoms with van der Waals surface area (Å²) in [4.78, 5) is 23.9. The molecule has 5 nitrogen and oxygen atoms in total. The topological polar surface area (TPSA) is 78.4 Å². The first-order valence-electron chi connectivity index (χ1n) is 6.86. The Labute approximate surface area is 115 Å². The van der Waals surface area contributed by atoms with Gasteiger partial charge < -0.3 is 15.7 Å². The third-order valence-electron chi connectivity index (χ3n) is 4.13. The molecule has 1 saturated heterocycles. The molecule has 19 heavy (non-hydrogen) atoms. The molecule has 0 aromatic heterocycles. The Bertz CT molecular complexity index is 352. The second-order valence-corrected chi connectivity index (χ2v) is 6.85. The lowest BCUT2D eigenvalue weighted by molar-refractivity contribution is -0.147. The number of carboxylic acid groups (broad SMARTS) is 1. The lowest BCUT2D eigenvalue weighted by Crippen LogP contribution is -2.55. The normalized spacial score (nSPS) is 25.4. The molecule has 0 bridgehead atoms. The molecule has 1 amide bonds. The van der Waals surface area contributed by atoms with Crippen LogP contribution in [0.5, 0.6) is 0 Å². The number of carboxylic acids is 1. The van der Waals surface area contributed by atoms with Crippen LogP contribution in [0.4, 0.5) is 0 Å². The largest absolute Gasteiger partial charge is 0.480 e. The number of rotatable bonds is 4. The van der Waals surface area contributed by atoms with Gasteiger partial charge in [-0.3, -0.25) is 4.79 Å². The smallest absolute Gasteiger partial charge is 0.326 e. The maximum Gasteiger partial charge on any atom is 0.326 e. The molecule has 0 saturated carbocycles. The minimum Gasteiger partial charge on any atom is -0.480 e. The van der Waals surface area contributed by atoms with E-state index in [-0.39, 0.29) is 11.8 Å². The van der Waals surface area contributed by atoms with Crippen LogP contribution in [0.15, 0.2) is 0 Å². The predicted octanol–water partition coefficient (Wildman–Crippen LogP) is 1.24. The molecular formula is C14H26N2O3. The molecule has 0 aromatic rings. The number of amides is 1. The van der Waals surface area contributed by atoms with Crippen LogP contribution in [0.3, 0.4) is 0 Å². The number of carbonyl (C=O) groups is 2. The number of hydrogen-bond acceptors (Lipinski definition) is 3. The first-order chi connectivity index (χ1) is 8.61. The van der Waals surface area contributed by atoms with Gasteiger partial charge >= 0.3 is 5.97 Å². The van der Waals surface area contributed by atoms with Crippen molar-refractivity contribution in [2.24, 2.45) is 16.7 Å². The van der Waals surface area contributed by atoms with Crippen LogP contribution in [0.2, 0.25) is 0 Å². The SMILES string of the molecule is CC(C)C1(C(=O)N[C@H](C(=O)O)C(C)(C)C)CCNC1. The van der Waals surface area contributed by atoms with E-state index < -0.39 is 22.8 Å². The van der Waals surface area contributed by atoms with Crippen LogP contribution < -0.4 is 10.6 Å². The molecule has 1 aliphatic heterocycles. The Kier molecular flexibility index (Phi) is 4.61. The molecule has 0 spiro atoms. The molecule has 1 heterocycles. The van der Waals surface area contributed by atoms with E-state index in [0.29, 0.717) is 6.54 Å². The summed E-state index contributed by atoms with van der Waals surface area (Å²) in [5, 5.41) is 15.2. The van der Waals surface area contributed by atoms with Crippen molar-refractivity contribution in [3.8, 4) is 0 Å². The van der Waals surface area contributed by atoms with Gasteiger partial charge in [0.25, 0.3) is 0 Å². The zero-order valence-electron chi connectivity index (χ0n) is 12.5. The summed E-state index contributed by atoms with van der Waals surface area (Å²) in [7, 11) is 0. The van der Waals surface area contributed by atoms with E-state index in [1.165, 1.54) is 0 Å². The standard InChI is InChI=1S/C14H26N2O3/c1-9(2)14(6-7-15-8-14)12(19)16-10(11(17)18)13(3,4)5/h9-10,15H,6-8H2,1-5H3,(H,16,19)(H,17,18)/t10-,14?/m1/s1. The summed E-state index contributed by atoms with van der Waals surface area (Å²) in [5.74, 6) is -0.947. The summed E-state index contributed by atoms with van der Waals surface area (Å²) >= 11 is 0. The van der Waals surface area contributed by atoms with E-state index in [9.17, 15) is 14.7 Å². The summed E-state index contributed by atoms with van der Waals surface area (Å²) in [6.45, 7) is 10.9. The second kappa shape index (κ2) is 5.49. The minimum absolute atomic E-state index is 0.144. The number of hydrogen-bond donors (Lipinski definition) is 3.